The van der Waals surface area contributed by atoms with E-state index in [-0.39, 0.29) is 11.6 Å². The average molecular weight is 296 g/mol. The van der Waals surface area contributed by atoms with Gasteiger partial charge < -0.3 is 5.32 Å². The summed E-state index contributed by atoms with van der Waals surface area (Å²) in [5.74, 6) is -0.0248. The van der Waals surface area contributed by atoms with Gasteiger partial charge in [-0.25, -0.2) is 9.97 Å². The number of pyridine rings is 1. The quantitative estimate of drug-likeness (QED) is 0.935. The van der Waals surface area contributed by atoms with E-state index in [1.807, 2.05) is 13.8 Å². The maximum absolute atomic E-state index is 12.9. The molecule has 0 aliphatic rings. The van der Waals surface area contributed by atoms with Crippen molar-refractivity contribution >= 4 is 5.95 Å². The van der Waals surface area contributed by atoms with Crippen molar-refractivity contribution in [1.82, 2.24) is 15.0 Å². The number of nitrogens with zero attached hydrogens (tertiary/aromatic N) is 3. The average Bonchev–Trinajstić information content (AvgIpc) is 2.44. The second-order valence-corrected chi connectivity index (χ2v) is 4.64. The molecule has 0 aliphatic heterocycles. The molecule has 0 fully saturated rings. The van der Waals surface area contributed by atoms with Crippen molar-refractivity contribution < 1.29 is 13.2 Å². The lowest BCUT2D eigenvalue weighted by Gasteiger charge is -2.11. The van der Waals surface area contributed by atoms with Gasteiger partial charge in [0.25, 0.3) is 0 Å². The van der Waals surface area contributed by atoms with Gasteiger partial charge in [0.05, 0.1) is 5.69 Å². The lowest BCUT2D eigenvalue weighted by atomic mass is 10.1. The van der Waals surface area contributed by atoms with Crippen LogP contribution in [0.5, 0.6) is 0 Å². The molecule has 0 aliphatic carbocycles. The zero-order valence-corrected chi connectivity index (χ0v) is 11.7. The Bertz CT molecular complexity index is 626. The number of rotatable bonds is 4. The Kier molecular flexibility index (Phi) is 4.40. The third-order valence-electron chi connectivity index (χ3n) is 2.72. The first-order valence-corrected chi connectivity index (χ1v) is 6.52. The molecule has 2 aromatic rings. The van der Waals surface area contributed by atoms with Crippen LogP contribution in [-0.4, -0.2) is 21.5 Å². The van der Waals surface area contributed by atoms with Crippen LogP contribution in [0, 0.1) is 6.92 Å². The van der Waals surface area contributed by atoms with Gasteiger partial charge in [-0.15, -0.1) is 0 Å². The van der Waals surface area contributed by atoms with Gasteiger partial charge in [0.2, 0.25) is 5.95 Å². The molecule has 0 bridgehead atoms. The molecule has 4 nitrogen and oxygen atoms in total. The van der Waals surface area contributed by atoms with Crippen LogP contribution in [0.25, 0.3) is 11.3 Å². The number of hydrogen-bond acceptors (Lipinski definition) is 4. The molecule has 0 saturated heterocycles. The first-order valence-electron chi connectivity index (χ1n) is 6.52. The molecule has 2 rings (SSSR count). The second kappa shape index (κ2) is 6.07. The molecule has 0 radical (unpaired) electrons. The zero-order chi connectivity index (χ0) is 15.5. The molecule has 1 N–H and O–H groups in total. The predicted molar refractivity (Wildman–Crippen MR) is 73.8 cm³/mol. The van der Waals surface area contributed by atoms with Crippen molar-refractivity contribution in [3.63, 3.8) is 0 Å². The Morgan fingerprint density at radius 3 is 2.52 bits per heavy atom. The SMILES string of the molecule is CCCNc1nc(-c2cncc(C)c2)cc(C(F)(F)F)n1. The molecule has 0 unspecified atom stereocenters. The highest BCUT2D eigenvalue weighted by molar-refractivity contribution is 5.60. The van der Waals surface area contributed by atoms with E-state index in [1.54, 1.807) is 12.3 Å². The summed E-state index contributed by atoms with van der Waals surface area (Å²) >= 11 is 0. The molecule has 7 heteroatoms. The summed E-state index contributed by atoms with van der Waals surface area (Å²) < 4.78 is 38.8. The molecule has 112 valence electrons. The highest BCUT2D eigenvalue weighted by Gasteiger charge is 2.33. The Morgan fingerprint density at radius 2 is 1.90 bits per heavy atom. The number of anilines is 1. The minimum atomic E-state index is -4.52. The van der Waals surface area contributed by atoms with Crippen LogP contribution in [0.4, 0.5) is 19.1 Å². The van der Waals surface area contributed by atoms with Crippen LogP contribution in [0.1, 0.15) is 24.6 Å². The van der Waals surface area contributed by atoms with Crippen LogP contribution in [0.15, 0.2) is 24.5 Å². The maximum atomic E-state index is 12.9. The molecule has 21 heavy (non-hydrogen) atoms. The van der Waals surface area contributed by atoms with E-state index in [9.17, 15) is 13.2 Å². The largest absolute Gasteiger partial charge is 0.433 e. The lowest BCUT2D eigenvalue weighted by molar-refractivity contribution is -0.141. The van der Waals surface area contributed by atoms with Gasteiger partial charge in [0, 0.05) is 24.5 Å². The first-order chi connectivity index (χ1) is 9.90. The maximum Gasteiger partial charge on any atom is 0.433 e. The molecule has 0 atom stereocenters. The van der Waals surface area contributed by atoms with E-state index < -0.39 is 11.9 Å². The molecule has 0 aromatic carbocycles. The fourth-order valence-corrected chi connectivity index (χ4v) is 1.75. The van der Waals surface area contributed by atoms with Crippen molar-refractivity contribution in [2.45, 2.75) is 26.4 Å². The number of aromatic nitrogens is 3. The Hall–Kier alpha value is -2.18. The fourth-order valence-electron chi connectivity index (χ4n) is 1.75. The van der Waals surface area contributed by atoms with Gasteiger partial charge in [-0.3, -0.25) is 4.98 Å². The van der Waals surface area contributed by atoms with Crippen molar-refractivity contribution in [3.05, 3.63) is 35.8 Å². The van der Waals surface area contributed by atoms with E-state index in [0.29, 0.717) is 12.1 Å². The number of hydrogen-bond donors (Lipinski definition) is 1. The second-order valence-electron chi connectivity index (χ2n) is 4.64. The van der Waals surface area contributed by atoms with Gasteiger partial charge in [-0.05, 0) is 31.0 Å². The van der Waals surface area contributed by atoms with Gasteiger partial charge in [-0.1, -0.05) is 6.92 Å². The molecular weight excluding hydrogens is 281 g/mol. The normalized spacial score (nSPS) is 11.5. The van der Waals surface area contributed by atoms with Crippen molar-refractivity contribution in [2.75, 3.05) is 11.9 Å². The van der Waals surface area contributed by atoms with E-state index in [4.69, 9.17) is 0 Å². The predicted octanol–water partition coefficient (Wildman–Crippen LogP) is 3.69. The molecule has 0 saturated carbocycles. The summed E-state index contributed by atoms with van der Waals surface area (Å²) in [5.41, 5.74) is 0.616. The van der Waals surface area contributed by atoms with E-state index in [1.165, 1.54) is 6.20 Å². The van der Waals surface area contributed by atoms with Gasteiger partial charge >= 0.3 is 6.18 Å². The number of halogens is 3. The molecule has 2 aromatic heterocycles. The van der Waals surface area contributed by atoms with Crippen LogP contribution in [0.3, 0.4) is 0 Å². The van der Waals surface area contributed by atoms with Gasteiger partial charge in [0.1, 0.15) is 0 Å². The van der Waals surface area contributed by atoms with Crippen molar-refractivity contribution in [1.29, 1.82) is 0 Å². The lowest BCUT2D eigenvalue weighted by Crippen LogP contribution is -2.13. The first kappa shape index (κ1) is 15.2. The number of alkyl halides is 3. The summed E-state index contributed by atoms with van der Waals surface area (Å²) in [6.07, 6.45) is -0.636. The van der Waals surface area contributed by atoms with E-state index in [0.717, 1.165) is 18.1 Å². The summed E-state index contributed by atoms with van der Waals surface area (Å²) in [6.45, 7) is 4.23. The minimum absolute atomic E-state index is 0.0248. The highest BCUT2D eigenvalue weighted by Crippen LogP contribution is 2.31. The Balaban J connectivity index is 2.49. The molecule has 0 spiro atoms. The zero-order valence-electron chi connectivity index (χ0n) is 11.7. The fraction of sp³-hybridized carbons (Fsp3) is 0.357. The van der Waals surface area contributed by atoms with E-state index >= 15 is 0 Å². The molecule has 0 amide bonds. The summed E-state index contributed by atoms with van der Waals surface area (Å²) in [6, 6.07) is 2.67. The van der Waals surface area contributed by atoms with Crippen LogP contribution in [-0.2, 0) is 6.18 Å². The summed E-state index contributed by atoms with van der Waals surface area (Å²) in [5, 5.41) is 2.79. The van der Waals surface area contributed by atoms with Gasteiger partial charge in [-0.2, -0.15) is 13.2 Å². The van der Waals surface area contributed by atoms with Crippen LogP contribution >= 0.6 is 0 Å². The number of nitrogens with one attached hydrogen (secondary N) is 1. The van der Waals surface area contributed by atoms with E-state index in [2.05, 4.69) is 20.3 Å². The smallest absolute Gasteiger partial charge is 0.354 e. The van der Waals surface area contributed by atoms with Crippen LogP contribution < -0.4 is 5.32 Å². The standard InChI is InChI=1S/C14H15F3N4/c1-3-4-19-13-20-11(6-12(21-13)14(15,16)17)10-5-9(2)7-18-8-10/h5-8H,3-4H2,1-2H3,(H,19,20,21). The Labute approximate surface area is 120 Å². The minimum Gasteiger partial charge on any atom is -0.354 e. The third kappa shape index (κ3) is 3.90. The van der Waals surface area contributed by atoms with Crippen molar-refractivity contribution in [2.24, 2.45) is 0 Å². The van der Waals surface area contributed by atoms with Crippen molar-refractivity contribution in [3.8, 4) is 11.3 Å². The van der Waals surface area contributed by atoms with Gasteiger partial charge in [0.15, 0.2) is 5.69 Å². The topological polar surface area (TPSA) is 50.7 Å². The Morgan fingerprint density at radius 1 is 1.14 bits per heavy atom. The summed E-state index contributed by atoms with van der Waals surface area (Å²) in [4.78, 5) is 11.6. The highest BCUT2D eigenvalue weighted by atomic mass is 19.4. The monoisotopic (exact) mass is 296 g/mol. The number of aryl methyl sites for hydroxylation is 1. The molecular formula is C14H15F3N4. The summed E-state index contributed by atoms with van der Waals surface area (Å²) in [7, 11) is 0. The van der Waals surface area contributed by atoms with Crippen LogP contribution in [0.2, 0.25) is 0 Å². The molecule has 2 heterocycles. The third-order valence-corrected chi connectivity index (χ3v) is 2.72.